The van der Waals surface area contributed by atoms with E-state index in [1.54, 1.807) is 11.3 Å². The van der Waals surface area contributed by atoms with Gasteiger partial charge in [0.05, 0.1) is 0 Å². The summed E-state index contributed by atoms with van der Waals surface area (Å²) in [5.74, 6) is 0. The zero-order valence-corrected chi connectivity index (χ0v) is 7.20. The summed E-state index contributed by atoms with van der Waals surface area (Å²) in [6.07, 6.45) is 0. The minimum absolute atomic E-state index is 1.15. The summed E-state index contributed by atoms with van der Waals surface area (Å²) in [4.78, 5) is 3.99. The maximum atomic E-state index is 3.99. The summed E-state index contributed by atoms with van der Waals surface area (Å²) < 4.78 is 1.24. The molecule has 0 fully saturated rings. The van der Waals surface area contributed by atoms with Crippen molar-refractivity contribution in [2.45, 2.75) is 0 Å². The Balaban J connectivity index is 3.05. The molecule has 0 aromatic carbocycles. The van der Waals surface area contributed by atoms with Gasteiger partial charge in [-0.05, 0) is 0 Å². The predicted molar refractivity (Wildman–Crippen MR) is 28.9 cm³/mol. The van der Waals surface area contributed by atoms with Crippen LogP contribution in [0.25, 0.3) is 0 Å². The van der Waals surface area contributed by atoms with Crippen molar-refractivity contribution in [1.82, 2.24) is 4.98 Å². The fourth-order valence-corrected chi connectivity index (χ4v) is 1.86. The molecular weight excluding hydrogens is 201 g/mol. The van der Waals surface area contributed by atoms with Gasteiger partial charge in [-0.3, -0.25) is 0 Å². The van der Waals surface area contributed by atoms with Gasteiger partial charge in [0, 0.05) is 0 Å². The van der Waals surface area contributed by atoms with Crippen LogP contribution in [-0.2, 0) is 0 Å². The van der Waals surface area contributed by atoms with E-state index in [1.165, 1.54) is 3.71 Å². The van der Waals surface area contributed by atoms with Crippen molar-refractivity contribution >= 4 is 37.6 Å². The van der Waals surface area contributed by atoms with Gasteiger partial charge in [-0.15, -0.1) is 0 Å². The Morgan fingerprint density at radius 3 is 2.83 bits per heavy atom. The van der Waals surface area contributed by atoms with Crippen LogP contribution in [0.3, 0.4) is 0 Å². The Morgan fingerprint density at radius 2 is 2.67 bits per heavy atom. The summed E-state index contributed by atoms with van der Waals surface area (Å²) in [5.41, 5.74) is 1.86. The maximum absolute atomic E-state index is 3.99. The van der Waals surface area contributed by atoms with Crippen LogP contribution < -0.4 is 3.71 Å². The van der Waals surface area contributed by atoms with Gasteiger partial charge < -0.3 is 0 Å². The molecule has 0 N–H and O–H groups in total. The third-order valence-electron chi connectivity index (χ3n) is 0.451. The van der Waals surface area contributed by atoms with Crippen molar-refractivity contribution in [3.63, 3.8) is 0 Å². The predicted octanol–water partition coefficient (Wildman–Crippen LogP) is -0.331. The number of thiazole rings is 1. The molecule has 1 aromatic heterocycles. The molecule has 0 aliphatic heterocycles. The summed E-state index contributed by atoms with van der Waals surface area (Å²) >= 11 is 2.81. The van der Waals surface area contributed by atoms with Gasteiger partial charge in [0.1, 0.15) is 0 Å². The molecule has 3 heteroatoms. The molecule has 0 unspecified atom stereocenters. The topological polar surface area (TPSA) is 12.9 Å². The molecule has 0 saturated heterocycles. The number of rotatable bonds is 0. The van der Waals surface area contributed by atoms with Crippen LogP contribution in [0.4, 0.5) is 0 Å². The fraction of sp³-hybridized carbons (Fsp3) is 0. The van der Waals surface area contributed by atoms with E-state index >= 15 is 0 Å². The summed E-state index contributed by atoms with van der Waals surface area (Å²) in [7, 11) is 0. The molecule has 0 amide bonds. The normalized spacial score (nSPS) is 8.83. The Labute approximate surface area is 53.5 Å². The van der Waals surface area contributed by atoms with Crippen LogP contribution in [0, 0.1) is 0 Å². The molecule has 0 spiro atoms. The van der Waals surface area contributed by atoms with Gasteiger partial charge in [0.15, 0.2) is 0 Å². The first kappa shape index (κ1) is 4.58. The SMILES string of the molecule is [SnH][c]1cscn1. The molecule has 30 valence electrons. The first-order valence-electron chi connectivity index (χ1n) is 1.53. The van der Waals surface area contributed by atoms with E-state index in [4.69, 9.17) is 0 Å². The first-order chi connectivity index (χ1) is 2.89. The molecule has 0 saturated carbocycles. The Kier molecular flexibility index (Phi) is 1.47. The van der Waals surface area contributed by atoms with Gasteiger partial charge in [-0.2, -0.15) is 0 Å². The van der Waals surface area contributed by atoms with Gasteiger partial charge >= 0.3 is 53.4 Å². The second kappa shape index (κ2) is 1.93. The van der Waals surface area contributed by atoms with Crippen LogP contribution in [-0.4, -0.2) is 27.5 Å². The number of aromatic nitrogens is 1. The third kappa shape index (κ3) is 0.943. The second-order valence-corrected chi connectivity index (χ2v) is 3.32. The molecule has 1 heterocycles. The average molecular weight is 204 g/mol. The van der Waals surface area contributed by atoms with Gasteiger partial charge in [0.25, 0.3) is 0 Å². The van der Waals surface area contributed by atoms with Crippen molar-refractivity contribution in [2.24, 2.45) is 0 Å². The molecule has 0 atom stereocenters. The van der Waals surface area contributed by atoms with Crippen LogP contribution >= 0.6 is 11.3 Å². The summed E-state index contributed by atoms with van der Waals surface area (Å²) in [6.45, 7) is 0. The van der Waals surface area contributed by atoms with Gasteiger partial charge in [-0.1, -0.05) is 0 Å². The number of hydrogen-bond donors (Lipinski definition) is 0. The van der Waals surface area contributed by atoms with Crippen molar-refractivity contribution in [1.29, 1.82) is 0 Å². The van der Waals surface area contributed by atoms with E-state index in [0.717, 1.165) is 22.5 Å². The first-order valence-corrected chi connectivity index (χ1v) is 4.12. The van der Waals surface area contributed by atoms with Gasteiger partial charge in [-0.25, -0.2) is 0 Å². The quantitative estimate of drug-likeness (QED) is 0.527. The summed E-state index contributed by atoms with van der Waals surface area (Å²) in [5, 5.41) is 2.07. The van der Waals surface area contributed by atoms with Crippen LogP contribution in [0.15, 0.2) is 10.9 Å². The monoisotopic (exact) mass is 205 g/mol. The zero-order valence-electron chi connectivity index (χ0n) is 3.09. The molecule has 0 aliphatic rings. The molecule has 0 aliphatic carbocycles. The molecule has 0 bridgehead atoms. The van der Waals surface area contributed by atoms with Crippen molar-refractivity contribution in [3.05, 3.63) is 10.9 Å². The summed E-state index contributed by atoms with van der Waals surface area (Å²) in [6, 6.07) is 0. The average Bonchev–Trinajstić information content (AvgIpc) is 1.86. The van der Waals surface area contributed by atoms with Crippen molar-refractivity contribution in [2.75, 3.05) is 0 Å². The molecular formula is C3H3NSSn. The molecule has 1 aromatic rings. The van der Waals surface area contributed by atoms with Crippen LogP contribution in [0.5, 0.6) is 0 Å². The fourth-order valence-electron chi connectivity index (χ4n) is 0.222. The molecule has 6 heavy (non-hydrogen) atoms. The van der Waals surface area contributed by atoms with Gasteiger partial charge in [0.2, 0.25) is 0 Å². The zero-order chi connectivity index (χ0) is 4.41. The Bertz CT molecular complexity index is 114. The number of hydrogen-bond acceptors (Lipinski definition) is 2. The second-order valence-electron chi connectivity index (χ2n) is 0.913. The standard InChI is InChI=1S/C3H2NS.Sn.H/c1-2-5-3-4-1;;/h2-3H;;. The van der Waals surface area contributed by atoms with E-state index in [2.05, 4.69) is 10.4 Å². The van der Waals surface area contributed by atoms with E-state index in [9.17, 15) is 0 Å². The minimum atomic E-state index is 1.15. The van der Waals surface area contributed by atoms with Crippen molar-refractivity contribution in [3.8, 4) is 0 Å². The van der Waals surface area contributed by atoms with Crippen molar-refractivity contribution < 1.29 is 0 Å². The molecule has 1 rings (SSSR count). The molecule has 2 radical (unpaired) electrons. The Hall–Kier alpha value is 0.429. The van der Waals surface area contributed by atoms with E-state index in [1.807, 2.05) is 5.51 Å². The molecule has 1 nitrogen and oxygen atoms in total. The third-order valence-corrected chi connectivity index (χ3v) is 2.65. The van der Waals surface area contributed by atoms with Crippen LogP contribution in [0.1, 0.15) is 0 Å². The van der Waals surface area contributed by atoms with E-state index < -0.39 is 0 Å². The van der Waals surface area contributed by atoms with E-state index in [-0.39, 0.29) is 0 Å². The number of nitrogens with zero attached hydrogens (tertiary/aromatic N) is 1. The Morgan fingerprint density at radius 1 is 1.83 bits per heavy atom. The van der Waals surface area contributed by atoms with Crippen LogP contribution in [0.2, 0.25) is 0 Å². The van der Waals surface area contributed by atoms with E-state index in [0.29, 0.717) is 0 Å².